The van der Waals surface area contributed by atoms with Crippen LogP contribution >= 0.6 is 0 Å². The van der Waals surface area contributed by atoms with Crippen molar-refractivity contribution in [2.45, 2.75) is 32.4 Å². The second-order valence-electron chi connectivity index (χ2n) is 9.03. The standard InChI is InChI=1S/C14H14N3.C12H5F3N3.Pt/c1-14(2,3)13-10-7-6-9-5-4-8-15-11(9)12(10)16-17-13;13-12(14,15)11-17-6-8-9(18-11)4-3-7-2-1-5-16-10(7)8;/h4-8H,1-3H3;1-5H;/q2*-1;+2. The van der Waals surface area contributed by atoms with E-state index in [1.807, 2.05) is 18.2 Å². The van der Waals surface area contributed by atoms with Crippen LogP contribution in [0.5, 0.6) is 0 Å². The third-order valence-corrected chi connectivity index (χ3v) is 5.47. The molecule has 0 saturated carbocycles. The first kappa shape index (κ1) is 25.6. The van der Waals surface area contributed by atoms with E-state index in [-0.39, 0.29) is 32.0 Å². The van der Waals surface area contributed by atoms with Crippen molar-refractivity contribution in [2.75, 3.05) is 0 Å². The fourth-order valence-corrected chi connectivity index (χ4v) is 3.84. The monoisotopic (exact) mass is 667 g/mol. The van der Waals surface area contributed by atoms with Crippen LogP contribution < -0.4 is 5.10 Å². The minimum Gasteiger partial charge on any atom is -0.573 e. The molecule has 0 radical (unpaired) electrons. The van der Waals surface area contributed by atoms with Gasteiger partial charge in [0.2, 0.25) is 0 Å². The van der Waals surface area contributed by atoms with Crippen molar-refractivity contribution < 1.29 is 34.2 Å². The van der Waals surface area contributed by atoms with Crippen molar-refractivity contribution in [3.8, 4) is 0 Å². The van der Waals surface area contributed by atoms with Gasteiger partial charge in [0.15, 0.2) is 0 Å². The van der Waals surface area contributed by atoms with Crippen LogP contribution in [-0.4, -0.2) is 25.0 Å². The SMILES string of the molecule is CC(C)(C)c1n[n-]c2c1ccc1cccnc12.FC(F)(F)c1n[c-]c2c(ccc3cccnc32)n1.[Pt+2]. The van der Waals surface area contributed by atoms with Gasteiger partial charge in [-0.1, -0.05) is 68.1 Å². The maximum Gasteiger partial charge on any atom is 2.00 e. The van der Waals surface area contributed by atoms with Gasteiger partial charge in [0.1, 0.15) is 5.82 Å². The Balaban J connectivity index is 0.000000165. The second-order valence-corrected chi connectivity index (χ2v) is 9.03. The largest absolute Gasteiger partial charge is 2.00 e. The molecule has 0 fully saturated rings. The van der Waals surface area contributed by atoms with Gasteiger partial charge in [0, 0.05) is 23.5 Å². The van der Waals surface area contributed by atoms with E-state index >= 15 is 0 Å². The fourth-order valence-electron chi connectivity index (χ4n) is 3.84. The third kappa shape index (κ3) is 4.80. The molecule has 6 rings (SSSR count). The van der Waals surface area contributed by atoms with E-state index in [1.165, 1.54) is 6.07 Å². The first-order chi connectivity index (χ1) is 16.6. The number of hydrogen-bond donors (Lipinski definition) is 0. The third-order valence-electron chi connectivity index (χ3n) is 5.47. The van der Waals surface area contributed by atoms with Gasteiger partial charge in [-0.2, -0.15) is 13.2 Å². The topological polar surface area (TPSA) is 78.5 Å². The van der Waals surface area contributed by atoms with E-state index in [9.17, 15) is 13.2 Å². The maximum absolute atomic E-state index is 12.5. The van der Waals surface area contributed by atoms with Gasteiger partial charge in [-0.25, -0.2) is 0 Å². The molecule has 0 atom stereocenters. The molecular formula is C26H19F3N6Pt. The fraction of sp³-hybridized carbons (Fsp3) is 0.192. The molecule has 6 aromatic rings. The summed E-state index contributed by atoms with van der Waals surface area (Å²) in [6.07, 6.45) is 1.17. The zero-order valence-electron chi connectivity index (χ0n) is 19.4. The van der Waals surface area contributed by atoms with Crippen LogP contribution in [0.25, 0.3) is 43.6 Å². The Morgan fingerprint density at radius 3 is 2.14 bits per heavy atom. The normalized spacial score (nSPS) is 11.9. The molecule has 184 valence electrons. The first-order valence-electron chi connectivity index (χ1n) is 10.8. The molecule has 0 unspecified atom stereocenters. The van der Waals surface area contributed by atoms with Crippen LogP contribution in [0.4, 0.5) is 13.2 Å². The average Bonchev–Trinajstić information content (AvgIpc) is 3.29. The van der Waals surface area contributed by atoms with Crippen molar-refractivity contribution in [2.24, 2.45) is 0 Å². The molecule has 36 heavy (non-hydrogen) atoms. The van der Waals surface area contributed by atoms with Crippen LogP contribution in [0.15, 0.2) is 60.9 Å². The van der Waals surface area contributed by atoms with Crippen molar-refractivity contribution in [3.63, 3.8) is 0 Å². The second kappa shape index (κ2) is 9.54. The van der Waals surface area contributed by atoms with Crippen LogP contribution in [0.3, 0.4) is 0 Å². The predicted molar refractivity (Wildman–Crippen MR) is 128 cm³/mol. The van der Waals surface area contributed by atoms with E-state index in [0.717, 1.165) is 32.9 Å². The van der Waals surface area contributed by atoms with Crippen LogP contribution in [0.1, 0.15) is 32.3 Å². The van der Waals surface area contributed by atoms with Crippen molar-refractivity contribution in [1.29, 1.82) is 0 Å². The summed E-state index contributed by atoms with van der Waals surface area (Å²) in [5.41, 5.74) is 3.63. The molecule has 4 heterocycles. The zero-order valence-corrected chi connectivity index (χ0v) is 21.7. The number of nitrogens with zero attached hydrogens (tertiary/aromatic N) is 6. The molecule has 0 spiro atoms. The number of benzene rings is 2. The molecule has 0 N–H and O–H groups in total. The molecule has 0 amide bonds. The van der Waals surface area contributed by atoms with Gasteiger partial charge >= 0.3 is 27.2 Å². The average molecular weight is 668 g/mol. The number of fused-ring (bicyclic) bond motifs is 6. The molecule has 0 aliphatic carbocycles. The number of alkyl halides is 3. The minimum absolute atomic E-state index is 0. The Hall–Kier alpha value is -3.45. The van der Waals surface area contributed by atoms with Crippen LogP contribution in [-0.2, 0) is 32.7 Å². The maximum atomic E-state index is 12.5. The van der Waals surface area contributed by atoms with Crippen LogP contribution in [0.2, 0.25) is 0 Å². The van der Waals surface area contributed by atoms with E-state index in [0.29, 0.717) is 10.9 Å². The number of hydrogen-bond acceptors (Lipinski definition) is 5. The summed E-state index contributed by atoms with van der Waals surface area (Å²) in [5.74, 6) is -1.19. The molecule has 4 aromatic heterocycles. The number of pyridine rings is 2. The number of aromatic nitrogens is 6. The Morgan fingerprint density at radius 2 is 1.47 bits per heavy atom. The van der Waals surface area contributed by atoms with Gasteiger partial charge in [-0.15, -0.1) is 0 Å². The molecule has 0 saturated heterocycles. The Morgan fingerprint density at radius 1 is 0.833 bits per heavy atom. The summed E-state index contributed by atoms with van der Waals surface area (Å²) in [4.78, 5) is 15.2. The zero-order chi connectivity index (χ0) is 24.8. The Labute approximate surface area is 218 Å². The molecule has 0 bridgehead atoms. The number of rotatable bonds is 0. The Bertz CT molecular complexity index is 1690. The molecule has 10 heteroatoms. The number of halogens is 3. The summed E-state index contributed by atoms with van der Waals surface area (Å²) >= 11 is 0. The first-order valence-corrected chi connectivity index (χ1v) is 10.8. The van der Waals surface area contributed by atoms with Gasteiger partial charge in [-0.3, -0.25) is 4.98 Å². The van der Waals surface area contributed by atoms with E-state index in [4.69, 9.17) is 0 Å². The summed E-state index contributed by atoms with van der Waals surface area (Å²) in [6.45, 7) is 6.46. The smallest absolute Gasteiger partial charge is 0.573 e. The molecule has 0 aliphatic rings. The predicted octanol–water partition coefficient (Wildman–Crippen LogP) is 6.03. The summed E-state index contributed by atoms with van der Waals surface area (Å²) in [5, 5.41) is 12.1. The summed E-state index contributed by atoms with van der Waals surface area (Å²) in [6, 6.07) is 14.9. The van der Waals surface area contributed by atoms with Crippen molar-refractivity contribution in [3.05, 3.63) is 78.6 Å². The van der Waals surface area contributed by atoms with Crippen LogP contribution in [0, 0.1) is 6.20 Å². The van der Waals surface area contributed by atoms with Gasteiger partial charge in [-0.05, 0) is 45.5 Å². The summed E-state index contributed by atoms with van der Waals surface area (Å²) in [7, 11) is 0. The molecule has 2 aromatic carbocycles. The quantitative estimate of drug-likeness (QED) is 0.146. The van der Waals surface area contributed by atoms with Crippen molar-refractivity contribution >= 4 is 43.6 Å². The van der Waals surface area contributed by atoms with E-state index < -0.39 is 12.0 Å². The van der Waals surface area contributed by atoms with Gasteiger partial charge < -0.3 is 25.1 Å². The van der Waals surface area contributed by atoms with E-state index in [2.05, 4.69) is 69.2 Å². The minimum atomic E-state index is -4.57. The van der Waals surface area contributed by atoms with Gasteiger partial charge in [0.05, 0.1) is 5.52 Å². The summed E-state index contributed by atoms with van der Waals surface area (Å²) < 4.78 is 37.4. The molecular weight excluding hydrogens is 648 g/mol. The van der Waals surface area contributed by atoms with Crippen molar-refractivity contribution in [1.82, 2.24) is 30.1 Å². The van der Waals surface area contributed by atoms with E-state index in [1.54, 1.807) is 24.5 Å². The molecule has 0 aliphatic heterocycles. The molecule has 6 nitrogen and oxygen atoms in total. The Kier molecular flexibility index (Phi) is 6.79. The van der Waals surface area contributed by atoms with Gasteiger partial charge in [0.25, 0.3) is 0 Å².